The fourth-order valence-corrected chi connectivity index (χ4v) is 7.76. The Morgan fingerprint density at radius 1 is 1.00 bits per heavy atom. The van der Waals surface area contributed by atoms with E-state index in [1.807, 2.05) is 20.8 Å². The number of methoxy groups -OCH3 is 2. The molecule has 1 aromatic rings. The Bertz CT molecular complexity index is 1550. The number of nitrogens with zero attached hydrogens (tertiary/aromatic N) is 2. The zero-order valence-electron chi connectivity index (χ0n) is 30.6. The molecular formula is C37H52ClN5O8. The van der Waals surface area contributed by atoms with Crippen LogP contribution in [0.1, 0.15) is 97.0 Å². The smallest absolute Gasteiger partial charge is 0.289 e. The van der Waals surface area contributed by atoms with Crippen LogP contribution in [0.3, 0.4) is 0 Å². The summed E-state index contributed by atoms with van der Waals surface area (Å²) in [6, 6.07) is 0.254. The molecule has 4 aliphatic rings. The van der Waals surface area contributed by atoms with Crippen molar-refractivity contribution < 1.29 is 38.3 Å². The number of hydrogen-bond donors (Lipinski definition) is 3. The van der Waals surface area contributed by atoms with Crippen LogP contribution in [0.2, 0.25) is 5.02 Å². The van der Waals surface area contributed by atoms with Gasteiger partial charge in [0.15, 0.2) is 5.60 Å². The molecule has 0 radical (unpaired) electrons. The molecule has 1 saturated heterocycles. The van der Waals surface area contributed by atoms with Gasteiger partial charge in [-0.05, 0) is 42.6 Å². The van der Waals surface area contributed by atoms with Gasteiger partial charge in [-0.2, -0.15) is 0 Å². The topological polar surface area (TPSA) is 165 Å². The summed E-state index contributed by atoms with van der Waals surface area (Å²) >= 11 is 6.47. The molecule has 280 valence electrons. The van der Waals surface area contributed by atoms with Gasteiger partial charge >= 0.3 is 0 Å². The fraction of sp³-hybridized carbons (Fsp3) is 0.676. The molecule has 4 amide bonds. The highest BCUT2D eigenvalue weighted by Gasteiger charge is 2.56. The van der Waals surface area contributed by atoms with Crippen LogP contribution >= 0.6 is 11.6 Å². The minimum atomic E-state index is -1.10. The standard InChI is InChI=1S/C37H52ClN5O8/c1-36(2,3)32(41-30(44)15-21-10-8-7-9-11-21)35(48)43-20-37(18-26(42-51-37)23-16-24(38)29(50-6)17-28(23)49-5)19-27(43)33(46)40-25(14-22-12-13-22)31(45)34(47)39-4/h16-17,21-22,25,27,32H,7-15,18-20H2,1-6H3,(H,39,47)(H,40,46)(H,41,44)/t25-,27-,32+,37+/m0/s1. The Kier molecular flexibility index (Phi) is 11.9. The number of ketones is 1. The third-order valence-electron chi connectivity index (χ3n) is 10.6. The molecule has 13 nitrogen and oxygen atoms in total. The summed E-state index contributed by atoms with van der Waals surface area (Å²) in [7, 11) is 4.39. The number of halogens is 1. The summed E-state index contributed by atoms with van der Waals surface area (Å²) in [6.45, 7) is 5.61. The largest absolute Gasteiger partial charge is 0.496 e. The fourth-order valence-electron chi connectivity index (χ4n) is 7.51. The Morgan fingerprint density at radius 2 is 1.69 bits per heavy atom. The first-order valence-corrected chi connectivity index (χ1v) is 18.4. The maximum Gasteiger partial charge on any atom is 0.289 e. The van der Waals surface area contributed by atoms with Crippen molar-refractivity contribution in [2.75, 3.05) is 27.8 Å². The van der Waals surface area contributed by atoms with Crippen molar-refractivity contribution in [3.8, 4) is 11.5 Å². The highest BCUT2D eigenvalue weighted by atomic mass is 35.5. The van der Waals surface area contributed by atoms with Crippen molar-refractivity contribution in [1.82, 2.24) is 20.9 Å². The summed E-state index contributed by atoms with van der Waals surface area (Å²) < 4.78 is 11.0. The number of carbonyl (C=O) groups excluding carboxylic acids is 5. The number of carbonyl (C=O) groups is 5. The Labute approximate surface area is 304 Å². The van der Waals surface area contributed by atoms with Crippen molar-refractivity contribution in [2.45, 2.75) is 115 Å². The molecule has 2 aliphatic carbocycles. The number of Topliss-reactive ketones (excluding diaryl/α,β-unsaturated/α-hetero) is 1. The van der Waals surface area contributed by atoms with Gasteiger partial charge in [0.2, 0.25) is 23.5 Å². The first-order chi connectivity index (χ1) is 24.2. The zero-order chi connectivity index (χ0) is 37.1. The van der Waals surface area contributed by atoms with Gasteiger partial charge in [-0.25, -0.2) is 0 Å². The van der Waals surface area contributed by atoms with Crippen molar-refractivity contribution in [3.63, 3.8) is 0 Å². The number of nitrogens with one attached hydrogen (secondary N) is 3. The maximum absolute atomic E-state index is 14.7. The molecule has 2 saturated carbocycles. The van der Waals surface area contributed by atoms with E-state index in [0.717, 1.165) is 38.5 Å². The van der Waals surface area contributed by atoms with Gasteiger partial charge in [0.1, 0.15) is 23.6 Å². The van der Waals surface area contributed by atoms with Crippen LogP contribution in [0.4, 0.5) is 0 Å². The zero-order valence-corrected chi connectivity index (χ0v) is 31.3. The molecular weight excluding hydrogens is 678 g/mol. The van der Waals surface area contributed by atoms with Gasteiger partial charge in [-0.3, -0.25) is 24.0 Å². The second-order valence-corrected chi connectivity index (χ2v) is 16.0. The number of oxime groups is 1. The SMILES string of the molecule is CNC(=O)C(=O)[C@H](CC1CC1)NC(=O)[C@@H]1C[C@]2(CC(c3cc(Cl)c(OC)cc3OC)=NO2)CN1C(=O)[C@@H](NC(=O)CC1CCCCC1)C(C)(C)C. The molecule has 0 unspecified atom stereocenters. The third kappa shape index (κ3) is 8.96. The maximum atomic E-state index is 14.7. The molecule has 1 aromatic carbocycles. The highest BCUT2D eigenvalue weighted by molar-refractivity contribution is 6.38. The monoisotopic (exact) mass is 729 g/mol. The lowest BCUT2D eigenvalue weighted by molar-refractivity contribution is -0.145. The molecule has 4 atom stereocenters. The van der Waals surface area contributed by atoms with Crippen LogP contribution in [0, 0.1) is 17.3 Å². The van der Waals surface area contributed by atoms with E-state index < -0.39 is 52.6 Å². The lowest BCUT2D eigenvalue weighted by Gasteiger charge is -2.36. The normalized spacial score (nSPS) is 23.2. The van der Waals surface area contributed by atoms with Crippen molar-refractivity contribution in [3.05, 3.63) is 22.7 Å². The molecule has 2 aliphatic heterocycles. The molecule has 3 N–H and O–H groups in total. The lowest BCUT2D eigenvalue weighted by Crippen LogP contribution is -2.59. The molecule has 1 spiro atoms. The average molecular weight is 730 g/mol. The summed E-state index contributed by atoms with van der Waals surface area (Å²) in [4.78, 5) is 75.3. The van der Waals surface area contributed by atoms with Crippen LogP contribution in [-0.2, 0) is 28.8 Å². The van der Waals surface area contributed by atoms with Crippen LogP contribution in [0.25, 0.3) is 0 Å². The van der Waals surface area contributed by atoms with E-state index in [9.17, 15) is 24.0 Å². The van der Waals surface area contributed by atoms with Crippen molar-refractivity contribution in [2.24, 2.45) is 22.4 Å². The third-order valence-corrected chi connectivity index (χ3v) is 10.9. The molecule has 51 heavy (non-hydrogen) atoms. The number of likely N-dealkylation sites (tertiary alicyclic amines) is 1. The van der Waals surface area contributed by atoms with E-state index in [2.05, 4.69) is 21.1 Å². The van der Waals surface area contributed by atoms with Crippen LogP contribution < -0.4 is 25.4 Å². The van der Waals surface area contributed by atoms with Crippen molar-refractivity contribution >= 4 is 46.7 Å². The number of ether oxygens (including phenoxy) is 2. The molecule has 14 heteroatoms. The Hall–Kier alpha value is -3.87. The molecule has 5 rings (SSSR count). The van der Waals surface area contributed by atoms with Gasteiger partial charge < -0.3 is 35.2 Å². The molecule has 3 fully saturated rings. The average Bonchev–Trinajstić information content (AvgIpc) is 3.71. The van der Waals surface area contributed by atoms with Crippen molar-refractivity contribution in [1.29, 1.82) is 0 Å². The quantitative estimate of drug-likeness (QED) is 0.257. The summed E-state index contributed by atoms with van der Waals surface area (Å²) in [5.41, 5.74) is -0.713. The predicted molar refractivity (Wildman–Crippen MR) is 191 cm³/mol. The van der Waals surface area contributed by atoms with Gasteiger partial charge in [-0.15, -0.1) is 0 Å². The van der Waals surface area contributed by atoms with Crippen LogP contribution in [-0.4, -0.2) is 91.6 Å². The van der Waals surface area contributed by atoms with E-state index >= 15 is 0 Å². The van der Waals surface area contributed by atoms with Gasteiger partial charge in [-0.1, -0.05) is 69.6 Å². The summed E-state index contributed by atoms with van der Waals surface area (Å²) in [5, 5.41) is 12.9. The lowest BCUT2D eigenvalue weighted by atomic mass is 9.84. The van der Waals surface area contributed by atoms with Crippen LogP contribution in [0.5, 0.6) is 11.5 Å². The van der Waals surface area contributed by atoms with E-state index in [1.165, 1.54) is 32.6 Å². The number of likely N-dealkylation sites (N-methyl/N-ethyl adjacent to an activating group) is 1. The minimum Gasteiger partial charge on any atom is -0.496 e. The van der Waals surface area contributed by atoms with Gasteiger partial charge in [0.05, 0.1) is 37.5 Å². The van der Waals surface area contributed by atoms with E-state index in [1.54, 1.807) is 12.1 Å². The summed E-state index contributed by atoms with van der Waals surface area (Å²) in [6.07, 6.45) is 8.08. The summed E-state index contributed by atoms with van der Waals surface area (Å²) in [5.74, 6) is -1.37. The van der Waals surface area contributed by atoms with Gasteiger partial charge in [0, 0.05) is 37.9 Å². The van der Waals surface area contributed by atoms with Crippen LogP contribution in [0.15, 0.2) is 17.3 Å². The van der Waals surface area contributed by atoms with E-state index in [0.29, 0.717) is 40.6 Å². The van der Waals surface area contributed by atoms with Gasteiger partial charge in [0.25, 0.3) is 5.91 Å². The second kappa shape index (κ2) is 15.8. The first-order valence-electron chi connectivity index (χ1n) is 18.0. The minimum absolute atomic E-state index is 0.00905. The second-order valence-electron chi connectivity index (χ2n) is 15.6. The predicted octanol–water partition coefficient (Wildman–Crippen LogP) is 3.92. The molecule has 2 heterocycles. The first kappa shape index (κ1) is 38.4. The number of benzene rings is 1. The Balaban J connectivity index is 1.43. The highest BCUT2D eigenvalue weighted by Crippen LogP contribution is 2.43. The number of amides is 4. The van der Waals surface area contributed by atoms with E-state index in [-0.39, 0.29) is 37.1 Å². The Morgan fingerprint density at radius 3 is 2.29 bits per heavy atom. The van der Waals surface area contributed by atoms with E-state index in [4.69, 9.17) is 25.9 Å². The number of rotatable bonds is 13. The molecule has 0 bridgehead atoms. The number of hydrogen-bond acceptors (Lipinski definition) is 9. The molecule has 0 aromatic heterocycles.